The average molecular weight is 435 g/mol. The number of carbonyl (C=O) groups is 3. The monoisotopic (exact) mass is 434 g/mol. The second kappa shape index (κ2) is 19.0. The number of rotatable bonds is 17. The predicted octanol–water partition coefficient (Wildman–Crippen LogP) is 2.13. The third-order valence-electron chi connectivity index (χ3n) is 4.40. The number of carboxylic acids is 2. The van der Waals surface area contributed by atoms with Crippen LogP contribution in [-0.4, -0.2) is 69.9 Å². The lowest BCUT2D eigenvalue weighted by molar-refractivity contribution is -0.146. The summed E-state index contributed by atoms with van der Waals surface area (Å²) in [7, 11) is 0. The highest BCUT2D eigenvalue weighted by Gasteiger charge is 2.30. The highest BCUT2D eigenvalue weighted by Crippen LogP contribution is 2.15. The van der Waals surface area contributed by atoms with Gasteiger partial charge in [-0.2, -0.15) is 0 Å². The third kappa shape index (κ3) is 18.1. The number of unbranched alkanes of at least 4 members (excludes halogenated alkanes) is 7. The number of carboxylic acid groups (broad SMARTS) is 2. The Hall–Kier alpha value is -1.97. The molecule has 0 unspecified atom stereocenters. The molecule has 0 aliphatic heterocycles. The first-order chi connectivity index (χ1) is 14.1. The summed E-state index contributed by atoms with van der Waals surface area (Å²) >= 11 is 0. The summed E-state index contributed by atoms with van der Waals surface area (Å²) in [4.78, 5) is 31.4. The van der Waals surface area contributed by atoms with Gasteiger partial charge in [0, 0.05) is 18.4 Å². The fourth-order valence-corrected chi connectivity index (χ4v) is 2.24. The van der Waals surface area contributed by atoms with E-state index in [0.29, 0.717) is 0 Å². The van der Waals surface area contributed by atoms with Crippen LogP contribution >= 0.6 is 0 Å². The molecule has 176 valence electrons. The standard InChI is InChI=1S/C12H22O4.C9H16O5/c13-11(14)9-7-5-3-1-2-4-6-8-10-12(15)16;1-7(2)8(13)14-6-9(3-10,4-11)5-12/h1-10H2,(H,13,14)(H,15,16);10-12H,1,3-6H2,2H3. The molecule has 0 spiro atoms. The van der Waals surface area contributed by atoms with Gasteiger partial charge in [-0.05, 0) is 19.8 Å². The van der Waals surface area contributed by atoms with Crippen molar-refractivity contribution in [2.45, 2.75) is 71.1 Å². The van der Waals surface area contributed by atoms with Crippen molar-refractivity contribution in [2.75, 3.05) is 26.4 Å². The van der Waals surface area contributed by atoms with Crippen LogP contribution in [0.25, 0.3) is 0 Å². The van der Waals surface area contributed by atoms with Gasteiger partial charge in [0.1, 0.15) is 6.61 Å². The summed E-state index contributed by atoms with van der Waals surface area (Å²) in [6.07, 6.45) is 8.51. The number of aliphatic hydroxyl groups excluding tert-OH is 3. The molecule has 0 aliphatic rings. The smallest absolute Gasteiger partial charge is 0.333 e. The van der Waals surface area contributed by atoms with Gasteiger partial charge in [0.2, 0.25) is 0 Å². The van der Waals surface area contributed by atoms with Crippen LogP contribution in [0.4, 0.5) is 0 Å². The zero-order chi connectivity index (χ0) is 23.4. The Morgan fingerprint density at radius 2 is 1.07 bits per heavy atom. The van der Waals surface area contributed by atoms with Crippen molar-refractivity contribution < 1.29 is 44.7 Å². The lowest BCUT2D eigenvalue weighted by atomic mass is 9.93. The molecule has 0 radical (unpaired) electrons. The van der Waals surface area contributed by atoms with Crippen LogP contribution in [0.1, 0.15) is 71.1 Å². The maximum Gasteiger partial charge on any atom is 0.333 e. The number of carbonyl (C=O) groups excluding carboxylic acids is 1. The van der Waals surface area contributed by atoms with Crippen LogP contribution in [0.5, 0.6) is 0 Å². The Kier molecular flexibility index (Phi) is 19.2. The first kappa shape index (κ1) is 30.2. The van der Waals surface area contributed by atoms with Crippen molar-refractivity contribution in [2.24, 2.45) is 5.41 Å². The highest BCUT2D eigenvalue weighted by molar-refractivity contribution is 5.86. The van der Waals surface area contributed by atoms with Crippen LogP contribution in [0.15, 0.2) is 12.2 Å². The quantitative estimate of drug-likeness (QED) is 0.131. The zero-order valence-corrected chi connectivity index (χ0v) is 18.0. The van der Waals surface area contributed by atoms with Crippen LogP contribution in [0.2, 0.25) is 0 Å². The van der Waals surface area contributed by atoms with E-state index in [9.17, 15) is 14.4 Å². The molecule has 0 fully saturated rings. The van der Waals surface area contributed by atoms with Crippen LogP contribution < -0.4 is 0 Å². The van der Waals surface area contributed by atoms with E-state index in [1.54, 1.807) is 0 Å². The number of aliphatic hydroxyl groups is 3. The highest BCUT2D eigenvalue weighted by atomic mass is 16.5. The van der Waals surface area contributed by atoms with Gasteiger partial charge in [-0.15, -0.1) is 0 Å². The minimum atomic E-state index is -1.18. The van der Waals surface area contributed by atoms with Gasteiger partial charge < -0.3 is 30.3 Å². The zero-order valence-electron chi connectivity index (χ0n) is 18.0. The molecule has 0 aromatic rings. The summed E-state index contributed by atoms with van der Waals surface area (Å²) in [5, 5.41) is 43.5. The molecular weight excluding hydrogens is 396 g/mol. The molecular formula is C21H38O9. The second-order valence-electron chi connectivity index (χ2n) is 7.45. The molecule has 0 saturated heterocycles. The predicted molar refractivity (Wildman–Crippen MR) is 111 cm³/mol. The lowest BCUT2D eigenvalue weighted by Gasteiger charge is -2.26. The molecule has 0 aromatic carbocycles. The number of aliphatic carboxylic acids is 2. The fourth-order valence-electron chi connectivity index (χ4n) is 2.24. The summed E-state index contributed by atoms with van der Waals surface area (Å²) in [6, 6.07) is 0. The van der Waals surface area contributed by atoms with Gasteiger partial charge in [-0.25, -0.2) is 4.79 Å². The van der Waals surface area contributed by atoms with E-state index < -0.39 is 43.1 Å². The fraction of sp³-hybridized carbons (Fsp3) is 0.762. The summed E-state index contributed by atoms with van der Waals surface area (Å²) < 4.78 is 4.72. The van der Waals surface area contributed by atoms with Gasteiger partial charge in [-0.1, -0.05) is 45.1 Å². The van der Waals surface area contributed by atoms with Crippen LogP contribution in [0.3, 0.4) is 0 Å². The number of ether oxygens (including phenoxy) is 1. The first-order valence-electron chi connectivity index (χ1n) is 10.2. The molecule has 0 atom stereocenters. The van der Waals surface area contributed by atoms with Crippen molar-refractivity contribution in [3.63, 3.8) is 0 Å². The van der Waals surface area contributed by atoms with Crippen molar-refractivity contribution in [1.82, 2.24) is 0 Å². The Morgan fingerprint density at radius 3 is 1.33 bits per heavy atom. The van der Waals surface area contributed by atoms with E-state index in [2.05, 4.69) is 6.58 Å². The number of hydrogen-bond donors (Lipinski definition) is 5. The van der Waals surface area contributed by atoms with Gasteiger partial charge in [-0.3, -0.25) is 9.59 Å². The van der Waals surface area contributed by atoms with Gasteiger partial charge in [0.25, 0.3) is 0 Å². The SMILES string of the molecule is C=C(C)C(=O)OCC(CO)(CO)CO.O=C(O)CCCCCCCCCCC(=O)O. The Morgan fingerprint density at radius 1 is 0.733 bits per heavy atom. The normalized spacial score (nSPS) is 10.7. The number of hydrogen-bond acceptors (Lipinski definition) is 7. The van der Waals surface area contributed by atoms with Crippen molar-refractivity contribution in [1.29, 1.82) is 0 Å². The molecule has 0 amide bonds. The van der Waals surface area contributed by atoms with E-state index in [0.717, 1.165) is 51.4 Å². The average Bonchev–Trinajstić information content (AvgIpc) is 2.70. The van der Waals surface area contributed by atoms with Crippen LogP contribution in [0, 0.1) is 5.41 Å². The summed E-state index contributed by atoms with van der Waals surface area (Å²) in [5.74, 6) is -2.04. The van der Waals surface area contributed by atoms with E-state index in [-0.39, 0.29) is 25.0 Å². The first-order valence-corrected chi connectivity index (χ1v) is 10.2. The molecule has 0 saturated carbocycles. The van der Waals surface area contributed by atoms with E-state index in [1.807, 2.05) is 0 Å². The van der Waals surface area contributed by atoms with Crippen molar-refractivity contribution in [3.8, 4) is 0 Å². The molecule has 0 bridgehead atoms. The maximum absolute atomic E-state index is 11.0. The number of esters is 1. The molecule has 0 aromatic heterocycles. The van der Waals surface area contributed by atoms with Gasteiger partial charge in [0.05, 0.1) is 25.2 Å². The van der Waals surface area contributed by atoms with Crippen molar-refractivity contribution in [3.05, 3.63) is 12.2 Å². The Balaban J connectivity index is 0. The van der Waals surface area contributed by atoms with Gasteiger partial charge >= 0.3 is 17.9 Å². The topological polar surface area (TPSA) is 162 Å². The molecule has 5 N–H and O–H groups in total. The van der Waals surface area contributed by atoms with Crippen LogP contribution in [-0.2, 0) is 19.1 Å². The molecule has 9 nitrogen and oxygen atoms in total. The minimum absolute atomic E-state index is 0.229. The van der Waals surface area contributed by atoms with E-state index >= 15 is 0 Å². The Labute approximate surface area is 178 Å². The molecule has 0 aliphatic carbocycles. The summed E-state index contributed by atoms with van der Waals surface area (Å²) in [5.41, 5.74) is -0.946. The lowest BCUT2D eigenvalue weighted by Crippen LogP contribution is -2.39. The van der Waals surface area contributed by atoms with Crippen molar-refractivity contribution >= 4 is 17.9 Å². The largest absolute Gasteiger partial charge is 0.481 e. The Bertz CT molecular complexity index is 468. The van der Waals surface area contributed by atoms with E-state index in [1.165, 1.54) is 6.92 Å². The second-order valence-corrected chi connectivity index (χ2v) is 7.45. The molecule has 9 heteroatoms. The van der Waals surface area contributed by atoms with E-state index in [4.69, 9.17) is 30.3 Å². The van der Waals surface area contributed by atoms with Gasteiger partial charge in [0.15, 0.2) is 0 Å². The molecule has 30 heavy (non-hydrogen) atoms. The summed E-state index contributed by atoms with van der Waals surface area (Å²) in [6.45, 7) is 3.26. The molecule has 0 rings (SSSR count). The minimum Gasteiger partial charge on any atom is -0.481 e. The third-order valence-corrected chi connectivity index (χ3v) is 4.40. The maximum atomic E-state index is 11.0. The molecule has 0 heterocycles.